The molecule has 0 fully saturated rings. The highest BCUT2D eigenvalue weighted by molar-refractivity contribution is 7.89. The summed E-state index contributed by atoms with van der Waals surface area (Å²) in [5.41, 5.74) is 1.28. The van der Waals surface area contributed by atoms with E-state index >= 15 is 0 Å². The summed E-state index contributed by atoms with van der Waals surface area (Å²) in [4.78, 5) is 28.7. The third-order valence-corrected chi connectivity index (χ3v) is 7.05. The molecule has 0 saturated carbocycles. The van der Waals surface area contributed by atoms with Crippen LogP contribution in [0.4, 0.5) is 10.8 Å². The van der Waals surface area contributed by atoms with Crippen molar-refractivity contribution < 1.29 is 22.7 Å². The number of amides is 2. The van der Waals surface area contributed by atoms with Gasteiger partial charge in [-0.05, 0) is 54.8 Å². The second kappa shape index (κ2) is 10.3. The molecule has 1 aromatic heterocycles. The molecular formula is C22H26N4O5S2. The van der Waals surface area contributed by atoms with Crippen LogP contribution in [0.15, 0.2) is 47.4 Å². The topological polar surface area (TPSA) is 126 Å². The Kier molecular flexibility index (Phi) is 7.67. The Balaban J connectivity index is 1.79. The molecule has 1 heterocycles. The predicted octanol–water partition coefficient (Wildman–Crippen LogP) is 3.60. The molecule has 9 nitrogen and oxygen atoms in total. The number of fused-ring (bicyclic) bond motifs is 1. The Morgan fingerprint density at radius 1 is 1.09 bits per heavy atom. The average molecular weight is 491 g/mol. The van der Waals surface area contributed by atoms with Gasteiger partial charge in [0, 0.05) is 12.6 Å². The van der Waals surface area contributed by atoms with Gasteiger partial charge < -0.3 is 15.4 Å². The molecule has 11 heteroatoms. The number of carbonyl (C=O) groups is 2. The first-order valence-corrected chi connectivity index (χ1v) is 12.5. The van der Waals surface area contributed by atoms with Crippen molar-refractivity contribution in [1.82, 2.24) is 9.71 Å². The van der Waals surface area contributed by atoms with Crippen LogP contribution in [0.5, 0.6) is 5.75 Å². The van der Waals surface area contributed by atoms with Gasteiger partial charge in [0.05, 0.1) is 22.2 Å². The number of methoxy groups -OCH3 is 1. The second-order valence-corrected chi connectivity index (χ2v) is 10.6. The molecule has 1 atom stereocenters. The van der Waals surface area contributed by atoms with Crippen molar-refractivity contribution in [3.05, 3.63) is 42.5 Å². The summed E-state index contributed by atoms with van der Waals surface area (Å²) in [6, 6.07) is 10.2. The van der Waals surface area contributed by atoms with Gasteiger partial charge >= 0.3 is 0 Å². The fourth-order valence-corrected chi connectivity index (χ4v) is 5.26. The molecule has 0 radical (unpaired) electrons. The number of nitrogens with one attached hydrogen (secondary N) is 3. The lowest BCUT2D eigenvalue weighted by atomic mass is 10.0. The van der Waals surface area contributed by atoms with Gasteiger partial charge in [-0.2, -0.15) is 4.72 Å². The van der Waals surface area contributed by atoms with E-state index in [0.717, 1.165) is 4.70 Å². The maximum atomic E-state index is 13.0. The van der Waals surface area contributed by atoms with Crippen molar-refractivity contribution >= 4 is 54.2 Å². The van der Waals surface area contributed by atoms with Crippen molar-refractivity contribution in [1.29, 1.82) is 0 Å². The minimum absolute atomic E-state index is 0.0374. The van der Waals surface area contributed by atoms with E-state index in [-0.39, 0.29) is 16.7 Å². The van der Waals surface area contributed by atoms with E-state index in [0.29, 0.717) is 28.5 Å². The van der Waals surface area contributed by atoms with E-state index in [4.69, 9.17) is 4.74 Å². The van der Waals surface area contributed by atoms with Crippen LogP contribution in [0.1, 0.15) is 27.2 Å². The van der Waals surface area contributed by atoms with Crippen LogP contribution in [-0.2, 0) is 19.6 Å². The van der Waals surface area contributed by atoms with E-state index in [1.807, 2.05) is 13.8 Å². The minimum Gasteiger partial charge on any atom is -0.497 e. The first kappa shape index (κ1) is 24.6. The number of benzene rings is 2. The normalized spacial score (nSPS) is 12.5. The molecule has 2 amide bonds. The van der Waals surface area contributed by atoms with Crippen LogP contribution >= 0.6 is 11.3 Å². The fraction of sp³-hybridized carbons (Fsp3) is 0.318. The Morgan fingerprint density at radius 3 is 2.39 bits per heavy atom. The van der Waals surface area contributed by atoms with Crippen molar-refractivity contribution in [3.8, 4) is 5.75 Å². The highest BCUT2D eigenvalue weighted by atomic mass is 32.2. The number of carbonyl (C=O) groups excluding carboxylic acids is 2. The van der Waals surface area contributed by atoms with E-state index in [2.05, 4.69) is 20.3 Å². The number of ether oxygens (including phenoxy) is 1. The maximum absolute atomic E-state index is 13.0. The summed E-state index contributed by atoms with van der Waals surface area (Å²) in [6.45, 7) is 5.23. The van der Waals surface area contributed by atoms with Crippen molar-refractivity contribution in [2.75, 3.05) is 17.7 Å². The minimum atomic E-state index is -3.93. The Hall–Kier alpha value is -3.02. The van der Waals surface area contributed by atoms with Crippen LogP contribution < -0.4 is 20.1 Å². The Bertz CT molecular complexity index is 1250. The van der Waals surface area contributed by atoms with Crippen LogP contribution in [0.2, 0.25) is 0 Å². The van der Waals surface area contributed by atoms with Gasteiger partial charge in [-0.3, -0.25) is 9.59 Å². The maximum Gasteiger partial charge on any atom is 0.244 e. The summed E-state index contributed by atoms with van der Waals surface area (Å²) >= 11 is 1.24. The zero-order chi connectivity index (χ0) is 24.2. The summed E-state index contributed by atoms with van der Waals surface area (Å²) in [5.74, 6) is -0.0900. The molecule has 3 N–H and O–H groups in total. The van der Waals surface area contributed by atoms with Gasteiger partial charge in [0.15, 0.2) is 5.13 Å². The molecule has 2 aromatic carbocycles. The molecule has 0 bridgehead atoms. The molecule has 33 heavy (non-hydrogen) atoms. The van der Waals surface area contributed by atoms with Crippen LogP contribution in [0.25, 0.3) is 10.2 Å². The lowest BCUT2D eigenvalue weighted by Gasteiger charge is -2.19. The van der Waals surface area contributed by atoms with Crippen molar-refractivity contribution in [3.63, 3.8) is 0 Å². The number of rotatable bonds is 9. The summed E-state index contributed by atoms with van der Waals surface area (Å²) in [5, 5.41) is 5.77. The van der Waals surface area contributed by atoms with Gasteiger partial charge in [-0.25, -0.2) is 13.4 Å². The zero-order valence-electron chi connectivity index (χ0n) is 18.7. The molecule has 0 aliphatic heterocycles. The highest BCUT2D eigenvalue weighted by Crippen LogP contribution is 2.29. The first-order chi connectivity index (χ1) is 15.6. The lowest BCUT2D eigenvalue weighted by molar-refractivity contribution is -0.118. The number of anilines is 2. The van der Waals surface area contributed by atoms with E-state index in [1.54, 1.807) is 30.3 Å². The van der Waals surface area contributed by atoms with Crippen molar-refractivity contribution in [2.24, 2.45) is 5.92 Å². The van der Waals surface area contributed by atoms with E-state index < -0.39 is 22.0 Å². The summed E-state index contributed by atoms with van der Waals surface area (Å²) in [7, 11) is -2.44. The molecule has 176 valence electrons. The first-order valence-electron chi connectivity index (χ1n) is 10.2. The summed E-state index contributed by atoms with van der Waals surface area (Å²) < 4.78 is 34.1. The number of aromatic nitrogens is 1. The van der Waals surface area contributed by atoms with Crippen molar-refractivity contribution in [2.45, 2.75) is 38.1 Å². The van der Waals surface area contributed by atoms with Gasteiger partial charge in [-0.1, -0.05) is 25.2 Å². The number of hydrogen-bond acceptors (Lipinski definition) is 7. The Labute approximate surface area is 196 Å². The monoisotopic (exact) mass is 490 g/mol. The molecule has 0 aliphatic rings. The van der Waals surface area contributed by atoms with E-state index in [9.17, 15) is 18.0 Å². The fourth-order valence-electron chi connectivity index (χ4n) is 3.14. The number of hydrogen-bond donors (Lipinski definition) is 3. The van der Waals surface area contributed by atoms with Crippen LogP contribution in [0.3, 0.4) is 0 Å². The standard InChI is InChI=1S/C22H26N4O5S2/c1-13(2)11-19(26-33(29,30)17-8-6-16(31-4)7-9-17)21(28)25-22-24-18-10-5-15(23-14(3)27)12-20(18)32-22/h5-10,12-13,19,26H,11H2,1-4H3,(H,23,27)(H,24,25,28). The lowest BCUT2D eigenvalue weighted by Crippen LogP contribution is -2.44. The molecule has 1 unspecified atom stereocenters. The highest BCUT2D eigenvalue weighted by Gasteiger charge is 2.27. The molecule has 0 aliphatic carbocycles. The van der Waals surface area contributed by atoms with Gasteiger partial charge in [0.25, 0.3) is 0 Å². The number of sulfonamides is 1. The third-order valence-electron chi connectivity index (χ3n) is 4.63. The van der Waals surface area contributed by atoms with Crippen LogP contribution in [0, 0.1) is 5.92 Å². The quantitative estimate of drug-likeness (QED) is 0.421. The predicted molar refractivity (Wildman–Crippen MR) is 129 cm³/mol. The Morgan fingerprint density at radius 2 is 1.79 bits per heavy atom. The number of nitrogens with zero attached hydrogens (tertiary/aromatic N) is 1. The largest absolute Gasteiger partial charge is 0.497 e. The third kappa shape index (κ3) is 6.50. The average Bonchev–Trinajstić information content (AvgIpc) is 3.13. The zero-order valence-corrected chi connectivity index (χ0v) is 20.3. The molecule has 0 spiro atoms. The van der Waals surface area contributed by atoms with Crippen LogP contribution in [-0.4, -0.2) is 38.4 Å². The molecular weight excluding hydrogens is 464 g/mol. The molecule has 3 aromatic rings. The van der Waals surface area contributed by atoms with Gasteiger partial charge in [0.1, 0.15) is 11.8 Å². The van der Waals surface area contributed by atoms with E-state index in [1.165, 1.54) is 37.5 Å². The van der Waals surface area contributed by atoms with Gasteiger partial charge in [0.2, 0.25) is 21.8 Å². The number of thiazole rings is 1. The smallest absolute Gasteiger partial charge is 0.244 e. The molecule has 3 rings (SSSR count). The molecule has 0 saturated heterocycles. The summed E-state index contributed by atoms with van der Waals surface area (Å²) in [6.07, 6.45) is 0.304. The second-order valence-electron chi connectivity index (χ2n) is 7.85. The SMILES string of the molecule is COc1ccc(S(=O)(=O)NC(CC(C)C)C(=O)Nc2nc3ccc(NC(C)=O)cc3s2)cc1. The van der Waals surface area contributed by atoms with Gasteiger partial charge in [-0.15, -0.1) is 0 Å².